The third-order valence-corrected chi connectivity index (χ3v) is 4.47. The highest BCUT2D eigenvalue weighted by atomic mass is 14.9. The molecule has 17 heavy (non-hydrogen) atoms. The van der Waals surface area contributed by atoms with Crippen LogP contribution in [0.15, 0.2) is 24.3 Å². The quantitative estimate of drug-likeness (QED) is 0.823. The van der Waals surface area contributed by atoms with Crippen LogP contribution in [0.5, 0.6) is 0 Å². The van der Waals surface area contributed by atoms with Gasteiger partial charge in [-0.1, -0.05) is 44.0 Å². The first kappa shape index (κ1) is 12.6. The lowest BCUT2D eigenvalue weighted by Crippen LogP contribution is -2.24. The Morgan fingerprint density at radius 2 is 2.06 bits per heavy atom. The van der Waals surface area contributed by atoms with E-state index in [1.54, 1.807) is 0 Å². The Morgan fingerprint density at radius 3 is 2.65 bits per heavy atom. The Kier molecular flexibility index (Phi) is 4.22. The van der Waals surface area contributed by atoms with E-state index >= 15 is 0 Å². The average molecular weight is 231 g/mol. The van der Waals surface area contributed by atoms with E-state index in [1.807, 2.05) is 0 Å². The van der Waals surface area contributed by atoms with Gasteiger partial charge in [0.05, 0.1) is 0 Å². The van der Waals surface area contributed by atoms with Gasteiger partial charge in [-0.3, -0.25) is 0 Å². The first-order chi connectivity index (χ1) is 8.26. The number of hydrogen-bond acceptors (Lipinski definition) is 1. The Labute approximate surface area is 106 Å². The van der Waals surface area contributed by atoms with Crippen LogP contribution in [0, 0.1) is 18.8 Å². The maximum Gasteiger partial charge on any atom is 0.0348 e. The van der Waals surface area contributed by atoms with Gasteiger partial charge in [0.2, 0.25) is 0 Å². The van der Waals surface area contributed by atoms with Gasteiger partial charge in [0, 0.05) is 6.04 Å². The Bertz CT molecular complexity index is 358. The molecule has 1 aliphatic carbocycles. The molecule has 0 saturated heterocycles. The molecule has 1 aromatic rings. The maximum absolute atomic E-state index is 3.55. The minimum absolute atomic E-state index is 0.549. The van der Waals surface area contributed by atoms with Crippen LogP contribution in [0.1, 0.15) is 49.8 Å². The fourth-order valence-electron chi connectivity index (χ4n) is 3.37. The van der Waals surface area contributed by atoms with Crippen molar-refractivity contribution in [1.82, 2.24) is 5.32 Å². The standard InChI is InChI=1S/C16H25N/c1-4-13-9-10-14(11-13)16(17-3)15-8-6-5-7-12(15)2/h5-8,13-14,16-17H,4,9-11H2,1-3H3. The predicted molar refractivity (Wildman–Crippen MR) is 74.1 cm³/mol. The summed E-state index contributed by atoms with van der Waals surface area (Å²) in [6.07, 6.45) is 5.56. The third-order valence-electron chi connectivity index (χ3n) is 4.47. The molecule has 3 unspecified atom stereocenters. The number of aryl methyl sites for hydroxylation is 1. The molecule has 1 aromatic carbocycles. The number of nitrogens with one attached hydrogen (secondary N) is 1. The molecular weight excluding hydrogens is 206 g/mol. The molecule has 0 heterocycles. The molecule has 1 saturated carbocycles. The van der Waals surface area contributed by atoms with Gasteiger partial charge in [-0.05, 0) is 49.8 Å². The normalized spacial score (nSPS) is 26.1. The molecule has 0 amide bonds. The van der Waals surface area contributed by atoms with Crippen LogP contribution in [0.25, 0.3) is 0 Å². The summed E-state index contributed by atoms with van der Waals surface area (Å²) in [6, 6.07) is 9.36. The molecule has 1 N–H and O–H groups in total. The predicted octanol–water partition coefficient (Wildman–Crippen LogP) is 4.08. The lowest BCUT2D eigenvalue weighted by molar-refractivity contribution is 0.371. The molecule has 1 fully saturated rings. The van der Waals surface area contributed by atoms with Gasteiger partial charge >= 0.3 is 0 Å². The number of hydrogen-bond donors (Lipinski definition) is 1. The van der Waals surface area contributed by atoms with Crippen LogP contribution < -0.4 is 5.32 Å². The minimum Gasteiger partial charge on any atom is -0.313 e. The van der Waals surface area contributed by atoms with Crippen LogP contribution >= 0.6 is 0 Å². The van der Waals surface area contributed by atoms with E-state index in [4.69, 9.17) is 0 Å². The van der Waals surface area contributed by atoms with E-state index in [0.717, 1.165) is 11.8 Å². The smallest absolute Gasteiger partial charge is 0.0348 e. The van der Waals surface area contributed by atoms with Gasteiger partial charge < -0.3 is 5.32 Å². The highest BCUT2D eigenvalue weighted by Gasteiger charge is 2.30. The summed E-state index contributed by atoms with van der Waals surface area (Å²) < 4.78 is 0. The third kappa shape index (κ3) is 2.71. The van der Waals surface area contributed by atoms with Gasteiger partial charge in [-0.2, -0.15) is 0 Å². The average Bonchev–Trinajstić information content (AvgIpc) is 2.81. The van der Waals surface area contributed by atoms with Gasteiger partial charge in [-0.15, -0.1) is 0 Å². The summed E-state index contributed by atoms with van der Waals surface area (Å²) in [5, 5.41) is 3.55. The second-order valence-electron chi connectivity index (χ2n) is 5.47. The maximum atomic E-state index is 3.55. The van der Waals surface area contributed by atoms with E-state index in [2.05, 4.69) is 50.5 Å². The largest absolute Gasteiger partial charge is 0.313 e. The molecule has 2 rings (SSSR count). The van der Waals surface area contributed by atoms with Crippen LogP contribution in [-0.2, 0) is 0 Å². The molecule has 0 bridgehead atoms. The van der Waals surface area contributed by atoms with Crippen molar-refractivity contribution in [2.75, 3.05) is 7.05 Å². The Hall–Kier alpha value is -0.820. The molecule has 0 radical (unpaired) electrons. The molecule has 1 nitrogen and oxygen atoms in total. The zero-order valence-electron chi connectivity index (χ0n) is 11.4. The van der Waals surface area contributed by atoms with Crippen LogP contribution in [0.4, 0.5) is 0 Å². The Morgan fingerprint density at radius 1 is 1.29 bits per heavy atom. The van der Waals surface area contributed by atoms with Crippen LogP contribution in [-0.4, -0.2) is 7.05 Å². The van der Waals surface area contributed by atoms with Crippen molar-refractivity contribution in [1.29, 1.82) is 0 Å². The van der Waals surface area contributed by atoms with Crippen molar-refractivity contribution >= 4 is 0 Å². The van der Waals surface area contributed by atoms with Crippen LogP contribution in [0.3, 0.4) is 0 Å². The molecule has 0 aromatic heterocycles. The van der Waals surface area contributed by atoms with Crippen molar-refractivity contribution in [3.63, 3.8) is 0 Å². The topological polar surface area (TPSA) is 12.0 Å². The zero-order chi connectivity index (χ0) is 12.3. The first-order valence-corrected chi connectivity index (χ1v) is 6.99. The summed E-state index contributed by atoms with van der Waals surface area (Å²) in [4.78, 5) is 0. The van der Waals surface area contributed by atoms with Gasteiger partial charge in [0.1, 0.15) is 0 Å². The number of benzene rings is 1. The summed E-state index contributed by atoms with van der Waals surface area (Å²) >= 11 is 0. The van der Waals surface area contributed by atoms with Crippen molar-refractivity contribution in [3.8, 4) is 0 Å². The van der Waals surface area contributed by atoms with Gasteiger partial charge in [-0.25, -0.2) is 0 Å². The summed E-state index contributed by atoms with van der Waals surface area (Å²) in [5.41, 5.74) is 2.92. The Balaban J connectivity index is 2.15. The van der Waals surface area contributed by atoms with E-state index < -0.39 is 0 Å². The second-order valence-corrected chi connectivity index (χ2v) is 5.47. The SMILES string of the molecule is CCC1CCC(C(NC)c2ccccc2C)C1. The lowest BCUT2D eigenvalue weighted by atomic mass is 9.88. The van der Waals surface area contributed by atoms with Crippen molar-refractivity contribution in [3.05, 3.63) is 35.4 Å². The molecule has 1 heteroatoms. The monoisotopic (exact) mass is 231 g/mol. The fourth-order valence-corrected chi connectivity index (χ4v) is 3.37. The first-order valence-electron chi connectivity index (χ1n) is 6.99. The van der Waals surface area contributed by atoms with Crippen molar-refractivity contribution < 1.29 is 0 Å². The lowest BCUT2D eigenvalue weighted by Gasteiger charge is -2.25. The van der Waals surface area contributed by atoms with Gasteiger partial charge in [0.25, 0.3) is 0 Å². The van der Waals surface area contributed by atoms with Crippen LogP contribution in [0.2, 0.25) is 0 Å². The van der Waals surface area contributed by atoms with Crippen molar-refractivity contribution in [2.24, 2.45) is 11.8 Å². The molecule has 1 aliphatic rings. The van der Waals surface area contributed by atoms with Gasteiger partial charge in [0.15, 0.2) is 0 Å². The molecule has 0 spiro atoms. The molecule has 94 valence electrons. The van der Waals surface area contributed by atoms with E-state index in [9.17, 15) is 0 Å². The van der Waals surface area contributed by atoms with Crippen molar-refractivity contribution in [2.45, 2.75) is 45.6 Å². The minimum atomic E-state index is 0.549. The molecule has 0 aliphatic heterocycles. The second kappa shape index (κ2) is 5.68. The summed E-state index contributed by atoms with van der Waals surface area (Å²) in [5.74, 6) is 1.78. The summed E-state index contributed by atoms with van der Waals surface area (Å²) in [6.45, 7) is 4.56. The fraction of sp³-hybridized carbons (Fsp3) is 0.625. The zero-order valence-corrected chi connectivity index (χ0v) is 11.4. The van der Waals surface area contributed by atoms with E-state index in [-0.39, 0.29) is 0 Å². The highest BCUT2D eigenvalue weighted by Crippen LogP contribution is 2.40. The number of rotatable bonds is 4. The van der Waals surface area contributed by atoms with E-state index in [1.165, 1.54) is 36.8 Å². The van der Waals surface area contributed by atoms with E-state index in [0.29, 0.717) is 6.04 Å². The molecular formula is C16H25N. The summed E-state index contributed by atoms with van der Waals surface area (Å²) in [7, 11) is 2.11. The highest BCUT2D eigenvalue weighted by molar-refractivity contribution is 5.29. The molecule has 3 atom stereocenters.